The summed E-state index contributed by atoms with van der Waals surface area (Å²) in [6, 6.07) is 18.3. The fourth-order valence-corrected chi connectivity index (χ4v) is 6.33. The van der Waals surface area contributed by atoms with Gasteiger partial charge in [-0.3, -0.25) is 9.59 Å². The molecule has 4 rings (SSSR count). The zero-order chi connectivity index (χ0) is 31.0. The molecule has 7 nitrogen and oxygen atoms in total. The van der Waals surface area contributed by atoms with Crippen LogP contribution in [0.15, 0.2) is 83.1 Å². The minimum atomic E-state index is -4.90. The molecule has 0 aromatic heterocycles. The highest BCUT2D eigenvalue weighted by Gasteiger charge is 2.31. The number of benzene rings is 3. The molecule has 1 fully saturated rings. The Hall–Kier alpha value is -4.12. The number of sulfone groups is 1. The Morgan fingerprint density at radius 3 is 2.07 bits per heavy atom. The van der Waals surface area contributed by atoms with Crippen LogP contribution in [0.4, 0.5) is 13.2 Å². The van der Waals surface area contributed by atoms with Gasteiger partial charge in [-0.15, -0.1) is 13.2 Å². The zero-order valence-electron chi connectivity index (χ0n) is 23.3. The van der Waals surface area contributed by atoms with Crippen molar-refractivity contribution in [1.29, 1.82) is 0 Å². The van der Waals surface area contributed by atoms with Crippen LogP contribution in [-0.2, 0) is 21.1 Å². The first-order valence-corrected chi connectivity index (χ1v) is 15.4. The van der Waals surface area contributed by atoms with Gasteiger partial charge in [-0.1, -0.05) is 55.7 Å². The van der Waals surface area contributed by atoms with Gasteiger partial charge in [0, 0.05) is 17.5 Å². The summed E-state index contributed by atoms with van der Waals surface area (Å²) in [5, 5.41) is 12.4. The van der Waals surface area contributed by atoms with Gasteiger partial charge in [-0.05, 0) is 83.8 Å². The van der Waals surface area contributed by atoms with E-state index in [1.807, 2.05) is 24.3 Å². The van der Waals surface area contributed by atoms with E-state index in [9.17, 15) is 31.2 Å². The highest BCUT2D eigenvalue weighted by atomic mass is 32.2. The second-order valence-electron chi connectivity index (χ2n) is 10.4. The van der Waals surface area contributed by atoms with E-state index in [0.717, 1.165) is 42.5 Å². The van der Waals surface area contributed by atoms with Crippen LogP contribution >= 0.6 is 0 Å². The third-order valence-corrected chi connectivity index (χ3v) is 8.80. The molecular weight excluding hydrogens is 583 g/mol. The lowest BCUT2D eigenvalue weighted by molar-refractivity contribution is -0.274. The van der Waals surface area contributed by atoms with Crippen molar-refractivity contribution in [2.75, 3.05) is 6.54 Å². The summed E-state index contributed by atoms with van der Waals surface area (Å²) in [4.78, 5) is 22.8. The summed E-state index contributed by atoms with van der Waals surface area (Å²) in [5.41, 5.74) is 3.38. The first-order chi connectivity index (χ1) is 20.4. The van der Waals surface area contributed by atoms with Gasteiger partial charge < -0.3 is 15.2 Å². The maximum Gasteiger partial charge on any atom is 0.573 e. The molecule has 43 heavy (non-hydrogen) atoms. The smallest absolute Gasteiger partial charge is 0.481 e. The van der Waals surface area contributed by atoms with Crippen molar-refractivity contribution in [3.8, 4) is 5.75 Å². The number of hydrogen-bond donors (Lipinski definition) is 2. The van der Waals surface area contributed by atoms with Gasteiger partial charge in [-0.2, -0.15) is 0 Å². The van der Waals surface area contributed by atoms with Crippen molar-refractivity contribution in [2.45, 2.75) is 62.1 Å². The molecule has 0 unspecified atom stereocenters. The van der Waals surface area contributed by atoms with Crippen molar-refractivity contribution in [3.05, 3.63) is 100 Å². The Balaban J connectivity index is 1.60. The van der Waals surface area contributed by atoms with Gasteiger partial charge in [0.05, 0.1) is 11.3 Å². The Morgan fingerprint density at radius 1 is 0.884 bits per heavy atom. The van der Waals surface area contributed by atoms with Gasteiger partial charge in [0.25, 0.3) is 5.91 Å². The largest absolute Gasteiger partial charge is 0.573 e. The van der Waals surface area contributed by atoms with Gasteiger partial charge in [-0.25, -0.2) is 8.42 Å². The van der Waals surface area contributed by atoms with E-state index in [1.54, 1.807) is 24.3 Å². The Kier molecular flexibility index (Phi) is 10.3. The molecular formula is C32H32F3NO6S. The van der Waals surface area contributed by atoms with Crippen LogP contribution in [-0.4, -0.2) is 38.3 Å². The first kappa shape index (κ1) is 31.8. The fourth-order valence-electron chi connectivity index (χ4n) is 5.08. The molecule has 1 aliphatic rings. The van der Waals surface area contributed by atoms with Crippen molar-refractivity contribution >= 4 is 27.3 Å². The van der Waals surface area contributed by atoms with Crippen LogP contribution in [0, 0.1) is 0 Å². The number of amides is 1. The van der Waals surface area contributed by atoms with Crippen molar-refractivity contribution in [1.82, 2.24) is 5.32 Å². The minimum Gasteiger partial charge on any atom is -0.481 e. The van der Waals surface area contributed by atoms with E-state index in [4.69, 9.17) is 5.11 Å². The van der Waals surface area contributed by atoms with E-state index >= 15 is 0 Å². The SMILES string of the molecule is O=C(O)CCNC(=O)c1ccc(CC(=CS(=O)(=O)c2ccc(OC(F)(F)F)cc2)c2ccc(C3CCCCC3)cc2)cc1. The number of halogens is 3. The lowest BCUT2D eigenvalue weighted by Crippen LogP contribution is -2.25. The minimum absolute atomic E-state index is 0.0131. The number of nitrogens with one attached hydrogen (secondary N) is 1. The average molecular weight is 616 g/mol. The van der Waals surface area contributed by atoms with Crippen molar-refractivity contribution in [2.24, 2.45) is 0 Å². The van der Waals surface area contributed by atoms with Crippen molar-refractivity contribution in [3.63, 3.8) is 0 Å². The third-order valence-electron chi connectivity index (χ3n) is 7.28. The molecule has 1 aliphatic carbocycles. The molecule has 0 aliphatic heterocycles. The molecule has 0 radical (unpaired) electrons. The molecule has 11 heteroatoms. The first-order valence-electron chi connectivity index (χ1n) is 13.9. The topological polar surface area (TPSA) is 110 Å². The monoisotopic (exact) mass is 615 g/mol. The number of rotatable bonds is 11. The summed E-state index contributed by atoms with van der Waals surface area (Å²) in [7, 11) is -4.07. The summed E-state index contributed by atoms with van der Waals surface area (Å²) >= 11 is 0. The van der Waals surface area contributed by atoms with E-state index in [1.165, 1.54) is 24.8 Å². The average Bonchev–Trinajstić information content (AvgIpc) is 2.97. The van der Waals surface area contributed by atoms with E-state index < -0.39 is 33.8 Å². The van der Waals surface area contributed by atoms with Gasteiger partial charge in [0.1, 0.15) is 5.75 Å². The van der Waals surface area contributed by atoms with Gasteiger partial charge in [0.15, 0.2) is 9.84 Å². The Labute approximate surface area is 248 Å². The van der Waals surface area contributed by atoms with Crippen LogP contribution in [0.5, 0.6) is 5.75 Å². The fraction of sp³-hybridized carbons (Fsp3) is 0.312. The second kappa shape index (κ2) is 13.9. The maximum absolute atomic E-state index is 13.4. The predicted octanol–water partition coefficient (Wildman–Crippen LogP) is 6.89. The molecule has 0 bridgehead atoms. The Bertz CT molecular complexity index is 1540. The maximum atomic E-state index is 13.4. The lowest BCUT2D eigenvalue weighted by atomic mass is 9.83. The third kappa shape index (κ3) is 9.44. The predicted molar refractivity (Wildman–Crippen MR) is 155 cm³/mol. The lowest BCUT2D eigenvalue weighted by Gasteiger charge is -2.22. The Morgan fingerprint density at radius 2 is 1.49 bits per heavy atom. The molecule has 2 N–H and O–H groups in total. The van der Waals surface area contributed by atoms with E-state index in [2.05, 4.69) is 10.1 Å². The number of carboxylic acid groups (broad SMARTS) is 1. The van der Waals surface area contributed by atoms with Crippen LogP contribution < -0.4 is 10.1 Å². The van der Waals surface area contributed by atoms with Crippen LogP contribution in [0.2, 0.25) is 0 Å². The molecule has 1 saturated carbocycles. The quantitative estimate of drug-likeness (QED) is 0.243. The molecule has 0 spiro atoms. The summed E-state index contributed by atoms with van der Waals surface area (Å²) in [6.45, 7) is -0.0131. The second-order valence-corrected chi connectivity index (χ2v) is 12.2. The van der Waals surface area contributed by atoms with Crippen LogP contribution in [0.3, 0.4) is 0 Å². The summed E-state index contributed by atoms with van der Waals surface area (Å²) < 4.78 is 68.3. The summed E-state index contributed by atoms with van der Waals surface area (Å²) in [6.07, 6.45) is 0.896. The number of aliphatic carboxylic acids is 1. The normalized spacial score (nSPS) is 14.7. The number of carbonyl (C=O) groups excluding carboxylic acids is 1. The number of ether oxygens (including phenoxy) is 1. The van der Waals surface area contributed by atoms with E-state index in [0.29, 0.717) is 28.2 Å². The number of hydrogen-bond acceptors (Lipinski definition) is 5. The van der Waals surface area contributed by atoms with E-state index in [-0.39, 0.29) is 24.3 Å². The van der Waals surface area contributed by atoms with Crippen LogP contribution in [0.25, 0.3) is 5.57 Å². The highest BCUT2D eigenvalue weighted by molar-refractivity contribution is 7.94. The molecule has 3 aromatic carbocycles. The number of carbonyl (C=O) groups is 2. The zero-order valence-corrected chi connectivity index (χ0v) is 24.1. The number of alkyl halides is 3. The molecule has 1 amide bonds. The molecule has 0 heterocycles. The molecule has 0 atom stereocenters. The van der Waals surface area contributed by atoms with Gasteiger partial charge in [0.2, 0.25) is 0 Å². The molecule has 3 aromatic rings. The highest BCUT2D eigenvalue weighted by Crippen LogP contribution is 2.34. The number of allylic oxidation sites excluding steroid dienone is 1. The van der Waals surface area contributed by atoms with Crippen LogP contribution in [0.1, 0.15) is 71.5 Å². The van der Waals surface area contributed by atoms with Gasteiger partial charge >= 0.3 is 12.3 Å². The summed E-state index contributed by atoms with van der Waals surface area (Å²) in [5.74, 6) is -1.52. The van der Waals surface area contributed by atoms with Crippen molar-refractivity contribution < 1.29 is 41.0 Å². The molecule has 228 valence electrons. The number of carboxylic acids is 1. The molecule has 0 saturated heterocycles. The standard InChI is InChI=1S/C32H32F3NO6S/c33-32(34,35)42-28-14-16-29(17-15-28)43(40,41)21-27(25-12-10-24(11-13-25)23-4-2-1-3-5-23)20-22-6-8-26(9-7-22)31(39)36-19-18-30(37)38/h6-17,21,23H,1-5,18-20H2,(H,36,39)(H,37,38).